The lowest BCUT2D eigenvalue weighted by atomic mass is 10.2. The SMILES string of the molecule is CCNc1cc(Oc2ccc(C)cc2)ccc1[N+](=O)[O-].CO[PH](=O)OC. The number of ether oxygens (including phenoxy) is 1. The van der Waals surface area contributed by atoms with E-state index in [1.54, 1.807) is 12.1 Å². The van der Waals surface area contributed by atoms with Gasteiger partial charge in [-0.3, -0.25) is 14.7 Å². The predicted molar refractivity (Wildman–Crippen MR) is 102 cm³/mol. The number of rotatable bonds is 7. The molecule has 0 heterocycles. The molecular formula is C17H23N2O6P. The van der Waals surface area contributed by atoms with Crippen molar-refractivity contribution in [1.82, 2.24) is 0 Å². The van der Waals surface area contributed by atoms with Gasteiger partial charge in [-0.25, -0.2) is 0 Å². The summed E-state index contributed by atoms with van der Waals surface area (Å²) in [6.07, 6.45) is 0. The molecule has 2 rings (SSSR count). The first-order valence-corrected chi connectivity index (χ1v) is 9.02. The second-order valence-electron chi connectivity index (χ2n) is 5.04. The van der Waals surface area contributed by atoms with Crippen molar-refractivity contribution in [2.24, 2.45) is 0 Å². The fourth-order valence-electron chi connectivity index (χ4n) is 1.90. The van der Waals surface area contributed by atoms with Gasteiger partial charge in [0.25, 0.3) is 5.69 Å². The Morgan fingerprint density at radius 3 is 2.12 bits per heavy atom. The second kappa shape index (κ2) is 11.3. The fraction of sp³-hybridized carbons (Fsp3) is 0.294. The third-order valence-corrected chi connectivity index (χ3v) is 3.79. The zero-order chi connectivity index (χ0) is 19.5. The highest BCUT2D eigenvalue weighted by Crippen LogP contribution is 2.31. The number of nitro groups is 1. The van der Waals surface area contributed by atoms with Crippen molar-refractivity contribution in [3.05, 3.63) is 58.1 Å². The van der Waals surface area contributed by atoms with Crippen LogP contribution in [0.15, 0.2) is 42.5 Å². The third-order valence-electron chi connectivity index (χ3n) is 3.12. The summed E-state index contributed by atoms with van der Waals surface area (Å²) < 4.78 is 24.1. The molecule has 2 aromatic rings. The first-order valence-electron chi connectivity index (χ1n) is 7.80. The highest BCUT2D eigenvalue weighted by atomic mass is 31.1. The van der Waals surface area contributed by atoms with E-state index in [1.807, 2.05) is 38.1 Å². The monoisotopic (exact) mass is 382 g/mol. The zero-order valence-electron chi connectivity index (χ0n) is 15.1. The maximum atomic E-state index is 10.9. The summed E-state index contributed by atoms with van der Waals surface area (Å²) in [7, 11) is 0.558. The summed E-state index contributed by atoms with van der Waals surface area (Å²) in [6, 6.07) is 12.3. The van der Waals surface area contributed by atoms with Gasteiger partial charge in [0.1, 0.15) is 17.2 Å². The fourth-order valence-corrected chi connectivity index (χ4v) is 2.06. The lowest BCUT2D eigenvalue weighted by molar-refractivity contribution is -0.384. The molecule has 0 unspecified atom stereocenters. The average Bonchev–Trinajstić information content (AvgIpc) is 2.63. The van der Waals surface area contributed by atoms with Crippen molar-refractivity contribution in [1.29, 1.82) is 0 Å². The number of anilines is 1. The second-order valence-corrected chi connectivity index (χ2v) is 6.36. The van der Waals surface area contributed by atoms with Crippen LogP contribution < -0.4 is 10.1 Å². The van der Waals surface area contributed by atoms with Gasteiger partial charge in [-0.2, -0.15) is 0 Å². The van der Waals surface area contributed by atoms with Gasteiger partial charge in [0.15, 0.2) is 0 Å². The summed E-state index contributed by atoms with van der Waals surface area (Å²) in [5, 5.41) is 13.9. The van der Waals surface area contributed by atoms with Crippen LogP contribution in [0, 0.1) is 17.0 Å². The van der Waals surface area contributed by atoms with Crippen molar-refractivity contribution in [2.45, 2.75) is 13.8 Å². The van der Waals surface area contributed by atoms with Crippen LogP contribution in [0.25, 0.3) is 0 Å². The molecule has 0 aromatic heterocycles. The molecule has 0 amide bonds. The maximum absolute atomic E-state index is 10.9. The molecule has 2 aromatic carbocycles. The van der Waals surface area contributed by atoms with E-state index in [9.17, 15) is 14.7 Å². The van der Waals surface area contributed by atoms with Crippen molar-refractivity contribution >= 4 is 19.6 Å². The van der Waals surface area contributed by atoms with Gasteiger partial charge >= 0.3 is 8.25 Å². The molecule has 142 valence electrons. The molecule has 0 saturated heterocycles. The van der Waals surface area contributed by atoms with Crippen LogP contribution in [0.3, 0.4) is 0 Å². The van der Waals surface area contributed by atoms with Crippen LogP contribution in [0.5, 0.6) is 11.5 Å². The smallest absolute Gasteiger partial charge is 0.318 e. The number of nitro benzene ring substituents is 1. The molecule has 0 atom stereocenters. The van der Waals surface area contributed by atoms with Crippen LogP contribution >= 0.6 is 8.25 Å². The molecule has 0 aliphatic heterocycles. The largest absolute Gasteiger partial charge is 0.457 e. The molecule has 26 heavy (non-hydrogen) atoms. The molecule has 0 saturated carbocycles. The van der Waals surface area contributed by atoms with E-state index in [4.69, 9.17) is 4.74 Å². The number of hydrogen-bond acceptors (Lipinski definition) is 7. The standard InChI is InChI=1S/C15H16N2O3.C2H7O3P/c1-3-16-14-10-13(8-9-15(14)17(18)19)20-12-6-4-11(2)5-7-12;1-4-6(3)5-2/h4-10,16H,3H2,1-2H3;6H,1-2H3. The lowest BCUT2D eigenvalue weighted by Gasteiger charge is -2.09. The van der Waals surface area contributed by atoms with Gasteiger partial charge in [-0.05, 0) is 32.0 Å². The van der Waals surface area contributed by atoms with E-state index < -0.39 is 13.2 Å². The molecule has 1 N–H and O–H groups in total. The average molecular weight is 382 g/mol. The molecule has 9 heteroatoms. The predicted octanol–water partition coefficient (Wildman–Crippen LogP) is 4.80. The summed E-state index contributed by atoms with van der Waals surface area (Å²) >= 11 is 0. The van der Waals surface area contributed by atoms with E-state index in [0.29, 0.717) is 23.7 Å². The van der Waals surface area contributed by atoms with Gasteiger partial charge in [-0.15, -0.1) is 0 Å². The first kappa shape index (κ1) is 21.6. The first-order chi connectivity index (χ1) is 12.4. The molecule has 0 radical (unpaired) electrons. The molecular weight excluding hydrogens is 359 g/mol. The van der Waals surface area contributed by atoms with Gasteiger partial charge in [0.2, 0.25) is 0 Å². The Bertz CT molecular complexity index is 731. The van der Waals surface area contributed by atoms with Crippen molar-refractivity contribution in [3.8, 4) is 11.5 Å². The number of nitrogens with zero attached hydrogens (tertiary/aromatic N) is 1. The van der Waals surface area contributed by atoms with Crippen molar-refractivity contribution in [3.63, 3.8) is 0 Å². The van der Waals surface area contributed by atoms with E-state index in [1.165, 1.54) is 20.3 Å². The quantitative estimate of drug-likeness (QED) is 0.417. The Morgan fingerprint density at radius 2 is 1.65 bits per heavy atom. The van der Waals surface area contributed by atoms with Gasteiger partial charge < -0.3 is 19.1 Å². The Labute approximate surface area is 153 Å². The summed E-state index contributed by atoms with van der Waals surface area (Å²) in [4.78, 5) is 10.5. The Morgan fingerprint density at radius 1 is 1.08 bits per heavy atom. The normalized spacial score (nSPS) is 10.0. The van der Waals surface area contributed by atoms with Gasteiger partial charge in [0.05, 0.1) is 4.92 Å². The zero-order valence-corrected chi connectivity index (χ0v) is 16.1. The molecule has 8 nitrogen and oxygen atoms in total. The Balaban J connectivity index is 0.000000487. The molecule has 0 fully saturated rings. The molecule has 0 spiro atoms. The Kier molecular flexibility index (Phi) is 9.36. The Hall–Kier alpha value is -2.41. The topological polar surface area (TPSA) is 99.9 Å². The van der Waals surface area contributed by atoms with Crippen LogP contribution in [-0.4, -0.2) is 25.7 Å². The van der Waals surface area contributed by atoms with E-state index in [0.717, 1.165) is 5.56 Å². The summed E-state index contributed by atoms with van der Waals surface area (Å²) in [5.74, 6) is 1.27. The van der Waals surface area contributed by atoms with Gasteiger partial charge in [0, 0.05) is 32.9 Å². The van der Waals surface area contributed by atoms with Crippen LogP contribution in [0.2, 0.25) is 0 Å². The highest BCUT2D eigenvalue weighted by molar-refractivity contribution is 7.33. The molecule has 0 bridgehead atoms. The maximum Gasteiger partial charge on any atom is 0.318 e. The van der Waals surface area contributed by atoms with Crippen molar-refractivity contribution < 1.29 is 23.3 Å². The van der Waals surface area contributed by atoms with Crippen LogP contribution in [0.1, 0.15) is 12.5 Å². The van der Waals surface area contributed by atoms with Gasteiger partial charge in [-0.1, -0.05) is 17.7 Å². The molecule has 0 aliphatic rings. The minimum atomic E-state index is -2.12. The number of hydrogen-bond donors (Lipinski definition) is 1. The van der Waals surface area contributed by atoms with E-state index in [-0.39, 0.29) is 5.69 Å². The van der Waals surface area contributed by atoms with Crippen LogP contribution in [0.4, 0.5) is 11.4 Å². The highest BCUT2D eigenvalue weighted by Gasteiger charge is 2.14. The third kappa shape index (κ3) is 7.23. The summed E-state index contributed by atoms with van der Waals surface area (Å²) in [6.45, 7) is 4.49. The molecule has 0 aliphatic carbocycles. The number of aryl methyl sites for hydroxylation is 1. The minimum absolute atomic E-state index is 0.0445. The summed E-state index contributed by atoms with van der Waals surface area (Å²) in [5.41, 5.74) is 1.65. The van der Waals surface area contributed by atoms with Crippen LogP contribution in [-0.2, 0) is 13.6 Å². The minimum Gasteiger partial charge on any atom is -0.457 e. The van der Waals surface area contributed by atoms with Crippen molar-refractivity contribution in [2.75, 3.05) is 26.1 Å². The van der Waals surface area contributed by atoms with E-state index in [2.05, 4.69) is 14.4 Å². The lowest BCUT2D eigenvalue weighted by Crippen LogP contribution is -2.01. The number of benzene rings is 2. The van der Waals surface area contributed by atoms with E-state index >= 15 is 0 Å². The number of nitrogens with one attached hydrogen (secondary N) is 1.